The number of aromatic nitrogens is 5. The Morgan fingerprint density at radius 1 is 1.08 bits per heavy atom. The first-order valence-corrected chi connectivity index (χ1v) is 8.54. The summed E-state index contributed by atoms with van der Waals surface area (Å²) in [5, 5.41) is 14.8. The van der Waals surface area contributed by atoms with E-state index in [9.17, 15) is 0 Å². The fourth-order valence-corrected chi connectivity index (χ4v) is 3.41. The summed E-state index contributed by atoms with van der Waals surface area (Å²) in [7, 11) is 0. The van der Waals surface area contributed by atoms with Gasteiger partial charge in [-0.25, -0.2) is 0 Å². The second-order valence-electron chi connectivity index (χ2n) is 4.90. The van der Waals surface area contributed by atoms with E-state index in [1.807, 2.05) is 30.4 Å². The van der Waals surface area contributed by atoms with E-state index in [1.54, 1.807) is 29.0 Å². The molecule has 0 N–H and O–H groups in total. The molecule has 0 bridgehead atoms. The summed E-state index contributed by atoms with van der Waals surface area (Å²) >= 11 is 13.6. The van der Waals surface area contributed by atoms with Crippen molar-refractivity contribution in [3.05, 3.63) is 63.3 Å². The molecule has 3 aromatic heterocycles. The molecule has 118 valence electrons. The minimum atomic E-state index is 0.511. The lowest BCUT2D eigenvalue weighted by Gasteiger charge is -2.00. The average molecular weight is 374 g/mol. The van der Waals surface area contributed by atoms with Gasteiger partial charge in [-0.2, -0.15) is 9.61 Å². The predicted octanol–water partition coefficient (Wildman–Crippen LogP) is 4.73. The molecule has 0 aliphatic heterocycles. The summed E-state index contributed by atoms with van der Waals surface area (Å²) in [5.41, 5.74) is 1.74. The van der Waals surface area contributed by atoms with Gasteiger partial charge in [0.25, 0.3) is 0 Å². The Kier molecular flexibility index (Phi) is 4.02. The molecule has 0 radical (unpaired) electrons. The standard InChI is InChI=1S/C16H9Cl2N5S/c17-11-4-5-12(13(18)8-11)15-20-21-16-23(15)22-14(24-16)6-3-10-2-1-7-19-9-10/h1-9H/b6-3+. The van der Waals surface area contributed by atoms with E-state index in [0.717, 1.165) is 16.1 Å². The molecule has 0 amide bonds. The lowest BCUT2D eigenvalue weighted by Crippen LogP contribution is -1.91. The average Bonchev–Trinajstić information content (AvgIpc) is 3.15. The van der Waals surface area contributed by atoms with Gasteiger partial charge in [-0.05, 0) is 35.9 Å². The lowest BCUT2D eigenvalue weighted by molar-refractivity contribution is 0.960. The molecule has 24 heavy (non-hydrogen) atoms. The fourth-order valence-electron chi connectivity index (χ4n) is 2.18. The Hall–Kier alpha value is -2.28. The van der Waals surface area contributed by atoms with Crippen LogP contribution >= 0.6 is 34.5 Å². The first kappa shape index (κ1) is 15.3. The second kappa shape index (κ2) is 6.32. The molecule has 0 aliphatic rings. The molecule has 4 rings (SSSR count). The molecular weight excluding hydrogens is 365 g/mol. The van der Waals surface area contributed by atoms with Crippen LogP contribution in [0.5, 0.6) is 0 Å². The molecule has 1 aromatic carbocycles. The van der Waals surface area contributed by atoms with Crippen LogP contribution in [-0.4, -0.2) is 24.8 Å². The summed E-state index contributed by atoms with van der Waals surface area (Å²) in [4.78, 5) is 4.78. The van der Waals surface area contributed by atoms with Crippen molar-refractivity contribution in [2.45, 2.75) is 0 Å². The minimum absolute atomic E-state index is 0.511. The fraction of sp³-hybridized carbons (Fsp3) is 0. The van der Waals surface area contributed by atoms with E-state index in [1.165, 1.54) is 11.3 Å². The first-order valence-electron chi connectivity index (χ1n) is 6.96. The number of fused-ring (bicyclic) bond motifs is 1. The number of hydrogen-bond acceptors (Lipinski definition) is 5. The Bertz CT molecular complexity index is 1040. The van der Waals surface area contributed by atoms with Crippen LogP contribution in [0.25, 0.3) is 28.5 Å². The number of halogens is 2. The highest BCUT2D eigenvalue weighted by molar-refractivity contribution is 7.17. The molecule has 4 aromatic rings. The third-order valence-electron chi connectivity index (χ3n) is 3.28. The maximum Gasteiger partial charge on any atom is 0.235 e. The van der Waals surface area contributed by atoms with E-state index < -0.39 is 0 Å². The maximum absolute atomic E-state index is 6.26. The summed E-state index contributed by atoms with van der Waals surface area (Å²) in [6, 6.07) is 9.11. The third kappa shape index (κ3) is 2.91. The van der Waals surface area contributed by atoms with Crippen LogP contribution in [0.4, 0.5) is 0 Å². The number of nitrogens with zero attached hydrogens (tertiary/aromatic N) is 5. The second-order valence-corrected chi connectivity index (χ2v) is 6.73. The van der Waals surface area contributed by atoms with Crippen LogP contribution in [0, 0.1) is 0 Å². The molecule has 0 spiro atoms. The van der Waals surface area contributed by atoms with Gasteiger partial charge in [-0.3, -0.25) is 4.98 Å². The number of pyridine rings is 1. The van der Waals surface area contributed by atoms with E-state index in [-0.39, 0.29) is 0 Å². The van der Waals surface area contributed by atoms with E-state index >= 15 is 0 Å². The van der Waals surface area contributed by atoms with Crippen molar-refractivity contribution in [1.29, 1.82) is 0 Å². The minimum Gasteiger partial charge on any atom is -0.264 e. The predicted molar refractivity (Wildman–Crippen MR) is 97.3 cm³/mol. The van der Waals surface area contributed by atoms with Crippen LogP contribution < -0.4 is 0 Å². The lowest BCUT2D eigenvalue weighted by atomic mass is 10.2. The molecule has 0 atom stereocenters. The van der Waals surface area contributed by atoms with E-state index in [2.05, 4.69) is 20.3 Å². The Morgan fingerprint density at radius 3 is 2.79 bits per heavy atom. The SMILES string of the molecule is Clc1ccc(-c2nnc3sc(/C=C/c4cccnc4)nn23)c(Cl)c1. The summed E-state index contributed by atoms with van der Waals surface area (Å²) in [5.74, 6) is 0.587. The molecule has 0 aliphatic carbocycles. The van der Waals surface area contributed by atoms with Crippen molar-refractivity contribution < 1.29 is 0 Å². The largest absolute Gasteiger partial charge is 0.264 e. The van der Waals surface area contributed by atoms with Crippen LogP contribution in [0.3, 0.4) is 0 Å². The number of benzene rings is 1. The molecule has 3 heterocycles. The van der Waals surface area contributed by atoms with Gasteiger partial charge in [-0.15, -0.1) is 10.2 Å². The Balaban J connectivity index is 1.72. The zero-order valence-corrected chi connectivity index (χ0v) is 14.4. The number of rotatable bonds is 3. The highest BCUT2D eigenvalue weighted by Crippen LogP contribution is 2.30. The zero-order valence-electron chi connectivity index (χ0n) is 12.1. The van der Waals surface area contributed by atoms with Gasteiger partial charge < -0.3 is 0 Å². The van der Waals surface area contributed by atoms with Gasteiger partial charge >= 0.3 is 0 Å². The van der Waals surface area contributed by atoms with Crippen LogP contribution in [-0.2, 0) is 0 Å². The van der Waals surface area contributed by atoms with E-state index in [0.29, 0.717) is 20.8 Å². The topological polar surface area (TPSA) is 56.0 Å². The molecule has 0 fully saturated rings. The van der Waals surface area contributed by atoms with Gasteiger partial charge in [0.05, 0.1) is 5.02 Å². The van der Waals surface area contributed by atoms with Gasteiger partial charge in [0.2, 0.25) is 4.96 Å². The van der Waals surface area contributed by atoms with Crippen LogP contribution in [0.1, 0.15) is 10.6 Å². The van der Waals surface area contributed by atoms with Gasteiger partial charge in [0, 0.05) is 23.0 Å². The Labute approximate surface area is 151 Å². The van der Waals surface area contributed by atoms with Crippen molar-refractivity contribution in [3.8, 4) is 11.4 Å². The summed E-state index contributed by atoms with van der Waals surface area (Å²) in [6.07, 6.45) is 7.40. The third-order valence-corrected chi connectivity index (χ3v) is 4.69. The highest BCUT2D eigenvalue weighted by Gasteiger charge is 2.15. The highest BCUT2D eigenvalue weighted by atomic mass is 35.5. The smallest absolute Gasteiger partial charge is 0.235 e. The molecule has 0 unspecified atom stereocenters. The number of hydrogen-bond donors (Lipinski definition) is 0. The van der Waals surface area contributed by atoms with Crippen LogP contribution in [0.2, 0.25) is 10.0 Å². The molecule has 0 saturated heterocycles. The monoisotopic (exact) mass is 373 g/mol. The van der Waals surface area contributed by atoms with Gasteiger partial charge in [0.15, 0.2) is 5.82 Å². The van der Waals surface area contributed by atoms with Crippen molar-refractivity contribution in [2.75, 3.05) is 0 Å². The summed E-state index contributed by atoms with van der Waals surface area (Å²) < 4.78 is 1.68. The quantitative estimate of drug-likeness (QED) is 0.521. The molecule has 8 heteroatoms. The molecule has 5 nitrogen and oxygen atoms in total. The zero-order chi connectivity index (χ0) is 16.5. The van der Waals surface area contributed by atoms with Crippen molar-refractivity contribution in [1.82, 2.24) is 24.8 Å². The summed E-state index contributed by atoms with van der Waals surface area (Å²) in [6.45, 7) is 0. The first-order chi connectivity index (χ1) is 11.7. The van der Waals surface area contributed by atoms with Gasteiger partial charge in [0.1, 0.15) is 5.01 Å². The molecular formula is C16H9Cl2N5S. The van der Waals surface area contributed by atoms with Crippen molar-refractivity contribution in [2.24, 2.45) is 0 Å². The van der Waals surface area contributed by atoms with Gasteiger partial charge in [-0.1, -0.05) is 46.7 Å². The van der Waals surface area contributed by atoms with Crippen molar-refractivity contribution >= 4 is 51.7 Å². The normalized spacial score (nSPS) is 11.6. The van der Waals surface area contributed by atoms with Crippen LogP contribution in [0.15, 0.2) is 42.7 Å². The van der Waals surface area contributed by atoms with Crippen molar-refractivity contribution in [3.63, 3.8) is 0 Å². The Morgan fingerprint density at radius 2 is 2.00 bits per heavy atom. The molecule has 0 saturated carbocycles. The maximum atomic E-state index is 6.26. The van der Waals surface area contributed by atoms with E-state index in [4.69, 9.17) is 23.2 Å².